The zero-order valence-electron chi connectivity index (χ0n) is 25.8. The molecule has 12 heteroatoms. The minimum atomic E-state index is -4.70. The van der Waals surface area contributed by atoms with Gasteiger partial charge in [-0.05, 0) is 51.4 Å². The van der Waals surface area contributed by atoms with Gasteiger partial charge in [-0.15, -0.1) is 0 Å². The van der Waals surface area contributed by atoms with Crippen molar-refractivity contribution in [3.63, 3.8) is 0 Å². The Kier molecular flexibility index (Phi) is 25.4. The Morgan fingerprint density at radius 1 is 0.744 bits per heavy atom. The van der Waals surface area contributed by atoms with E-state index < -0.39 is 51.1 Å². The van der Waals surface area contributed by atoms with Gasteiger partial charge in [0.25, 0.3) is 0 Å². The lowest BCUT2D eigenvalue weighted by Gasteiger charge is -2.20. The topological polar surface area (TPSA) is 172 Å². The second-order valence-corrected chi connectivity index (χ2v) is 11.3. The lowest BCUT2D eigenvalue weighted by molar-refractivity contribution is -0.161. The number of phosphoric acid groups is 1. The second-order valence-electron chi connectivity index (χ2n) is 9.86. The Morgan fingerprint density at radius 2 is 1.30 bits per heavy atom. The van der Waals surface area contributed by atoms with E-state index in [1.165, 1.54) is 0 Å². The molecule has 0 saturated heterocycles. The van der Waals surface area contributed by atoms with Crippen LogP contribution in [0.3, 0.4) is 0 Å². The molecule has 11 nitrogen and oxygen atoms in total. The summed E-state index contributed by atoms with van der Waals surface area (Å²) in [5.74, 6) is -2.47. The summed E-state index contributed by atoms with van der Waals surface area (Å²) in [6.07, 6.45) is 25.6. The molecule has 0 radical (unpaired) electrons. The number of rotatable bonds is 27. The number of hydrogen-bond donors (Lipinski definition) is 3. The van der Waals surface area contributed by atoms with E-state index in [0.29, 0.717) is 12.8 Å². The van der Waals surface area contributed by atoms with Crippen LogP contribution in [0.15, 0.2) is 48.6 Å². The number of carboxylic acid groups (broad SMARTS) is 1. The minimum Gasteiger partial charge on any atom is -0.480 e. The van der Waals surface area contributed by atoms with Gasteiger partial charge in [-0.1, -0.05) is 81.7 Å². The first-order chi connectivity index (χ1) is 20.6. The van der Waals surface area contributed by atoms with Gasteiger partial charge in [-0.25, -0.2) is 4.57 Å². The van der Waals surface area contributed by atoms with Crippen LogP contribution in [0.4, 0.5) is 0 Å². The highest BCUT2D eigenvalue weighted by Gasteiger charge is 2.28. The number of esters is 2. The molecule has 246 valence electrons. The Morgan fingerprint density at radius 3 is 1.91 bits per heavy atom. The van der Waals surface area contributed by atoms with Gasteiger partial charge in [-0.2, -0.15) is 0 Å². The number of carbonyl (C=O) groups excluding carboxylic acids is 2. The van der Waals surface area contributed by atoms with Gasteiger partial charge in [0.1, 0.15) is 12.6 Å². The first-order valence-corrected chi connectivity index (χ1v) is 16.7. The van der Waals surface area contributed by atoms with Gasteiger partial charge < -0.3 is 25.2 Å². The molecule has 0 aromatic carbocycles. The monoisotopic (exact) mass is 629 g/mol. The van der Waals surface area contributed by atoms with Crippen molar-refractivity contribution < 1.29 is 47.5 Å². The molecule has 0 aromatic heterocycles. The van der Waals surface area contributed by atoms with Gasteiger partial charge in [0.15, 0.2) is 6.10 Å². The third kappa shape index (κ3) is 26.8. The first-order valence-electron chi connectivity index (χ1n) is 15.2. The Hall–Kier alpha value is -2.56. The summed E-state index contributed by atoms with van der Waals surface area (Å²) in [7, 11) is -4.70. The van der Waals surface area contributed by atoms with Crippen LogP contribution in [0.2, 0.25) is 0 Å². The largest absolute Gasteiger partial charge is 0.480 e. The predicted molar refractivity (Wildman–Crippen MR) is 166 cm³/mol. The molecule has 0 fully saturated rings. The number of phosphoric ester groups is 1. The van der Waals surface area contributed by atoms with Crippen LogP contribution in [0.1, 0.15) is 97.3 Å². The fourth-order valence-corrected chi connectivity index (χ4v) is 4.18. The van der Waals surface area contributed by atoms with Crippen molar-refractivity contribution in [3.8, 4) is 0 Å². The van der Waals surface area contributed by atoms with Crippen molar-refractivity contribution in [2.75, 3.05) is 19.8 Å². The summed E-state index contributed by atoms with van der Waals surface area (Å²) in [4.78, 5) is 45.0. The molecular formula is C31H52NO10P. The fraction of sp³-hybridized carbons (Fsp3) is 0.645. The summed E-state index contributed by atoms with van der Waals surface area (Å²) >= 11 is 0. The van der Waals surface area contributed by atoms with E-state index >= 15 is 0 Å². The fourth-order valence-electron chi connectivity index (χ4n) is 3.40. The van der Waals surface area contributed by atoms with Crippen LogP contribution >= 0.6 is 7.82 Å². The number of allylic oxidation sites excluding steroid dienone is 8. The molecule has 0 bridgehead atoms. The second kappa shape index (κ2) is 27.0. The van der Waals surface area contributed by atoms with Gasteiger partial charge in [0.05, 0.1) is 13.2 Å². The van der Waals surface area contributed by atoms with Gasteiger partial charge in [-0.3, -0.25) is 23.4 Å². The molecule has 0 aromatic rings. The molecule has 43 heavy (non-hydrogen) atoms. The molecule has 0 saturated carbocycles. The molecule has 0 amide bonds. The smallest absolute Gasteiger partial charge is 0.472 e. The summed E-state index contributed by atoms with van der Waals surface area (Å²) in [5, 5.41) is 8.78. The van der Waals surface area contributed by atoms with Crippen molar-refractivity contribution in [1.29, 1.82) is 0 Å². The minimum absolute atomic E-state index is 0.107. The van der Waals surface area contributed by atoms with Gasteiger partial charge >= 0.3 is 25.7 Å². The van der Waals surface area contributed by atoms with Crippen LogP contribution in [-0.2, 0) is 37.5 Å². The van der Waals surface area contributed by atoms with E-state index in [2.05, 4.69) is 67.0 Å². The number of aliphatic carboxylic acids is 1. The van der Waals surface area contributed by atoms with Crippen molar-refractivity contribution in [1.82, 2.24) is 0 Å². The van der Waals surface area contributed by atoms with Crippen LogP contribution in [-0.4, -0.2) is 59.9 Å². The number of carbonyl (C=O) groups is 3. The van der Waals surface area contributed by atoms with Gasteiger partial charge in [0, 0.05) is 12.8 Å². The number of hydrogen-bond acceptors (Lipinski definition) is 9. The molecule has 3 unspecified atom stereocenters. The third-order valence-electron chi connectivity index (χ3n) is 5.84. The maximum absolute atomic E-state index is 12.4. The van der Waals surface area contributed by atoms with E-state index in [4.69, 9.17) is 24.8 Å². The summed E-state index contributed by atoms with van der Waals surface area (Å²) in [5.41, 5.74) is 5.27. The maximum atomic E-state index is 12.4. The number of ether oxygens (including phenoxy) is 2. The average molecular weight is 630 g/mol. The first kappa shape index (κ1) is 40.4. The van der Waals surface area contributed by atoms with E-state index in [9.17, 15) is 23.8 Å². The molecule has 4 N–H and O–H groups in total. The van der Waals surface area contributed by atoms with E-state index in [0.717, 1.165) is 57.8 Å². The van der Waals surface area contributed by atoms with Crippen LogP contribution in [0.25, 0.3) is 0 Å². The lowest BCUT2D eigenvalue weighted by atomic mass is 10.1. The van der Waals surface area contributed by atoms with Crippen LogP contribution in [0, 0.1) is 0 Å². The summed E-state index contributed by atoms with van der Waals surface area (Å²) < 4.78 is 32.1. The maximum Gasteiger partial charge on any atom is 0.472 e. The molecular weight excluding hydrogens is 577 g/mol. The van der Waals surface area contributed by atoms with Crippen molar-refractivity contribution in [2.45, 2.75) is 109 Å². The Bertz CT molecular complexity index is 932. The quantitative estimate of drug-likeness (QED) is 0.0402. The van der Waals surface area contributed by atoms with Gasteiger partial charge in [0.2, 0.25) is 0 Å². The SMILES string of the molecule is CC/C=C\C/C=C\C/C=C\C/C=C\CCCCC(=O)OC(COC(=O)CCCCCC)COP(=O)(O)OCC(N)C(=O)O. The number of carboxylic acids is 1. The number of unbranched alkanes of at least 4 members (excludes halogenated alkanes) is 5. The number of nitrogens with two attached hydrogens (primary N) is 1. The zero-order valence-corrected chi connectivity index (χ0v) is 26.7. The normalized spacial score (nSPS) is 14.9. The van der Waals surface area contributed by atoms with E-state index in [-0.39, 0.29) is 19.4 Å². The van der Waals surface area contributed by atoms with Crippen molar-refractivity contribution in [3.05, 3.63) is 48.6 Å². The summed E-state index contributed by atoms with van der Waals surface area (Å²) in [6.45, 7) is 2.44. The molecule has 0 heterocycles. The van der Waals surface area contributed by atoms with E-state index in [1.807, 2.05) is 0 Å². The van der Waals surface area contributed by atoms with Crippen LogP contribution in [0.5, 0.6) is 0 Å². The highest BCUT2D eigenvalue weighted by Crippen LogP contribution is 2.43. The molecule has 0 spiro atoms. The van der Waals surface area contributed by atoms with Crippen LogP contribution < -0.4 is 5.73 Å². The van der Waals surface area contributed by atoms with Crippen molar-refractivity contribution >= 4 is 25.7 Å². The third-order valence-corrected chi connectivity index (χ3v) is 6.79. The highest BCUT2D eigenvalue weighted by atomic mass is 31.2. The predicted octanol–water partition coefficient (Wildman–Crippen LogP) is 6.32. The molecule has 0 aliphatic carbocycles. The Balaban J connectivity index is 4.54. The average Bonchev–Trinajstić information content (AvgIpc) is 2.97. The highest BCUT2D eigenvalue weighted by molar-refractivity contribution is 7.47. The lowest BCUT2D eigenvalue weighted by Crippen LogP contribution is -2.34. The molecule has 0 rings (SSSR count). The standard InChI is InChI=1S/C31H52NO10P/c1-3-5-7-9-10-11-12-13-14-15-16-17-18-19-21-23-30(34)42-27(24-39-29(33)22-20-8-6-4-2)25-40-43(37,38)41-26-28(32)31(35)36/h5,7,10-11,13-14,16-17,27-28H,3-4,6,8-9,12,15,18-26,32H2,1-2H3,(H,35,36)(H,37,38)/b7-5-,11-10-,14-13-,17-16-. The molecule has 0 aliphatic rings. The molecule has 3 atom stereocenters. The summed E-state index contributed by atoms with van der Waals surface area (Å²) in [6, 6.07) is -1.52. The Labute approximate surface area is 256 Å². The zero-order chi connectivity index (χ0) is 32.2. The van der Waals surface area contributed by atoms with Crippen molar-refractivity contribution in [2.24, 2.45) is 5.73 Å². The van der Waals surface area contributed by atoms with E-state index in [1.54, 1.807) is 0 Å². The molecule has 0 aliphatic heterocycles.